The zero-order valence-corrected chi connectivity index (χ0v) is 8.34. The average Bonchev–Trinajstić information content (AvgIpc) is 2.43. The van der Waals surface area contributed by atoms with Crippen molar-refractivity contribution in [2.45, 2.75) is 6.92 Å². The summed E-state index contributed by atoms with van der Waals surface area (Å²) in [5.74, 6) is 6.35. The van der Waals surface area contributed by atoms with Gasteiger partial charge in [0.15, 0.2) is 6.29 Å². The molecule has 0 spiro atoms. The number of hydrogen-bond acceptors (Lipinski definition) is 3. The lowest BCUT2D eigenvalue weighted by molar-refractivity contribution is 0.112. The summed E-state index contributed by atoms with van der Waals surface area (Å²) in [6.07, 6.45) is 0.851. The molecule has 0 atom stereocenters. The van der Waals surface area contributed by atoms with E-state index in [-0.39, 0.29) is 0 Å². The molecule has 1 aromatic rings. The summed E-state index contributed by atoms with van der Waals surface area (Å²) in [7, 11) is 0. The molecule has 0 fully saturated rings. The van der Waals surface area contributed by atoms with E-state index in [1.54, 1.807) is 0 Å². The first kappa shape index (κ1) is 9.37. The molecule has 1 rings (SSSR count). The minimum absolute atomic E-state index is 0.549. The van der Waals surface area contributed by atoms with Gasteiger partial charge in [0, 0.05) is 0 Å². The van der Waals surface area contributed by atoms with Crippen molar-refractivity contribution >= 4 is 30.3 Å². The molecule has 0 aliphatic rings. The number of rotatable bonds is 1. The van der Waals surface area contributed by atoms with Crippen LogP contribution in [0.25, 0.3) is 0 Å². The number of carbonyl (C=O) groups is 1. The Morgan fingerprint density at radius 1 is 1.75 bits per heavy atom. The van der Waals surface area contributed by atoms with Crippen molar-refractivity contribution in [1.82, 2.24) is 0 Å². The van der Waals surface area contributed by atoms with Crippen molar-refractivity contribution in [3.8, 4) is 11.8 Å². The molecule has 3 heteroatoms. The van der Waals surface area contributed by atoms with Gasteiger partial charge in [-0.1, -0.05) is 11.8 Å². The van der Waals surface area contributed by atoms with E-state index in [4.69, 9.17) is 0 Å². The van der Waals surface area contributed by atoms with Crippen LogP contribution in [0.5, 0.6) is 0 Å². The summed E-state index contributed by atoms with van der Waals surface area (Å²) in [6, 6.07) is 1.85. The molecule has 0 radical (unpaired) electrons. The van der Waals surface area contributed by atoms with Gasteiger partial charge >= 0.3 is 0 Å². The van der Waals surface area contributed by atoms with E-state index < -0.39 is 0 Å². The summed E-state index contributed by atoms with van der Waals surface area (Å²) in [6.45, 7) is 1.95. The second-order valence-electron chi connectivity index (χ2n) is 2.24. The summed E-state index contributed by atoms with van der Waals surface area (Å²) in [4.78, 5) is 12.1. The van der Waals surface area contributed by atoms with Gasteiger partial charge in [-0.15, -0.1) is 11.3 Å². The van der Waals surface area contributed by atoms with Crippen molar-refractivity contribution in [3.05, 3.63) is 21.4 Å². The quantitative estimate of drug-likeness (QED) is 0.414. The van der Waals surface area contributed by atoms with Crippen LogP contribution in [0.15, 0.2) is 6.07 Å². The zero-order valence-electron chi connectivity index (χ0n) is 6.63. The molecule has 0 aromatic carbocycles. The van der Waals surface area contributed by atoms with Crippen LogP contribution in [0.1, 0.15) is 20.1 Å². The second kappa shape index (κ2) is 4.34. The molecule has 62 valence electrons. The van der Waals surface area contributed by atoms with Gasteiger partial charge < -0.3 is 0 Å². The Morgan fingerprint density at radius 3 is 3.00 bits per heavy atom. The van der Waals surface area contributed by atoms with Crippen LogP contribution in [0.4, 0.5) is 0 Å². The summed E-state index contributed by atoms with van der Waals surface area (Å²) in [5.41, 5.74) is 1.07. The fourth-order valence-electron chi connectivity index (χ4n) is 0.809. The summed E-state index contributed by atoms with van der Waals surface area (Å²) >= 11 is 5.40. The molecule has 0 saturated carbocycles. The smallest absolute Gasteiger partial charge is 0.160 e. The minimum Gasteiger partial charge on any atom is -0.297 e. The first-order valence-electron chi connectivity index (χ1n) is 3.43. The zero-order chi connectivity index (χ0) is 8.97. The van der Waals surface area contributed by atoms with E-state index in [0.29, 0.717) is 5.75 Å². The molecule has 0 unspecified atom stereocenters. The molecule has 0 amide bonds. The number of thiophene rings is 1. The fourth-order valence-corrected chi connectivity index (χ4v) is 1.75. The second-order valence-corrected chi connectivity index (χ2v) is 3.64. The predicted molar refractivity (Wildman–Crippen MR) is 55.2 cm³/mol. The molecule has 12 heavy (non-hydrogen) atoms. The Morgan fingerprint density at radius 2 is 2.50 bits per heavy atom. The van der Waals surface area contributed by atoms with Gasteiger partial charge in [-0.3, -0.25) is 4.79 Å². The van der Waals surface area contributed by atoms with Crippen LogP contribution in [0, 0.1) is 18.8 Å². The van der Waals surface area contributed by atoms with Gasteiger partial charge in [0.25, 0.3) is 0 Å². The van der Waals surface area contributed by atoms with E-state index >= 15 is 0 Å². The van der Waals surface area contributed by atoms with Crippen molar-refractivity contribution < 1.29 is 4.79 Å². The Labute approximate surface area is 81.2 Å². The Hall–Kier alpha value is -0.720. The largest absolute Gasteiger partial charge is 0.297 e. The molecule has 0 aliphatic heterocycles. The van der Waals surface area contributed by atoms with Gasteiger partial charge in [-0.2, -0.15) is 12.6 Å². The van der Waals surface area contributed by atoms with E-state index in [1.807, 2.05) is 13.0 Å². The monoisotopic (exact) mass is 196 g/mol. The van der Waals surface area contributed by atoms with Gasteiger partial charge in [0.1, 0.15) is 0 Å². The van der Waals surface area contributed by atoms with Crippen LogP contribution < -0.4 is 0 Å². The molecule has 1 aromatic heterocycles. The van der Waals surface area contributed by atoms with E-state index in [9.17, 15) is 4.79 Å². The van der Waals surface area contributed by atoms with Crippen LogP contribution in [-0.2, 0) is 0 Å². The van der Waals surface area contributed by atoms with Gasteiger partial charge in [-0.25, -0.2) is 0 Å². The van der Waals surface area contributed by atoms with E-state index in [0.717, 1.165) is 21.6 Å². The highest BCUT2D eigenvalue weighted by Gasteiger charge is 2.00. The molecular weight excluding hydrogens is 188 g/mol. The maximum Gasteiger partial charge on any atom is 0.160 e. The first-order valence-corrected chi connectivity index (χ1v) is 4.88. The highest BCUT2D eigenvalue weighted by atomic mass is 32.1. The maximum atomic E-state index is 10.4. The molecule has 0 N–H and O–H groups in total. The number of thiol groups is 1. The van der Waals surface area contributed by atoms with E-state index in [1.165, 1.54) is 11.3 Å². The van der Waals surface area contributed by atoms with Crippen LogP contribution in [0.3, 0.4) is 0 Å². The Kier molecular flexibility index (Phi) is 3.39. The minimum atomic E-state index is 0.549. The number of hydrogen-bond donors (Lipinski definition) is 1. The third-order valence-electron chi connectivity index (χ3n) is 1.33. The lowest BCUT2D eigenvalue weighted by atomic mass is 10.3. The number of aldehydes is 1. The molecule has 0 bridgehead atoms. The van der Waals surface area contributed by atoms with Crippen molar-refractivity contribution in [1.29, 1.82) is 0 Å². The van der Waals surface area contributed by atoms with Crippen molar-refractivity contribution in [2.24, 2.45) is 0 Å². The number of carbonyl (C=O) groups excluding carboxylic acids is 1. The third kappa shape index (κ3) is 2.13. The highest BCUT2D eigenvalue weighted by molar-refractivity contribution is 7.80. The fraction of sp³-hybridized carbons (Fsp3) is 0.222. The van der Waals surface area contributed by atoms with Crippen LogP contribution >= 0.6 is 24.0 Å². The molecular formula is C9H8OS2. The molecule has 1 nitrogen and oxygen atoms in total. The van der Waals surface area contributed by atoms with Gasteiger partial charge in [0.2, 0.25) is 0 Å². The number of aryl methyl sites for hydroxylation is 1. The van der Waals surface area contributed by atoms with Crippen LogP contribution in [0.2, 0.25) is 0 Å². The summed E-state index contributed by atoms with van der Waals surface area (Å²) in [5, 5.41) is 0. The highest BCUT2D eigenvalue weighted by Crippen LogP contribution is 2.18. The summed E-state index contributed by atoms with van der Waals surface area (Å²) < 4.78 is 0. The SMILES string of the molecule is Cc1cc(C=O)sc1C#CCS. The van der Waals surface area contributed by atoms with Crippen molar-refractivity contribution in [3.63, 3.8) is 0 Å². The maximum absolute atomic E-state index is 10.4. The lowest BCUT2D eigenvalue weighted by Crippen LogP contribution is -1.69. The topological polar surface area (TPSA) is 17.1 Å². The Balaban J connectivity index is 2.99. The molecule has 0 aliphatic carbocycles. The van der Waals surface area contributed by atoms with Crippen LogP contribution in [-0.4, -0.2) is 12.0 Å². The molecule has 0 saturated heterocycles. The van der Waals surface area contributed by atoms with E-state index in [2.05, 4.69) is 24.5 Å². The van der Waals surface area contributed by atoms with Crippen molar-refractivity contribution in [2.75, 3.05) is 5.75 Å². The predicted octanol–water partition coefficient (Wildman–Crippen LogP) is 2.15. The standard InChI is InChI=1S/C9H8OS2/c1-7-5-8(6-10)12-9(7)3-2-4-11/h5-6,11H,4H2,1H3. The normalized spacial score (nSPS) is 8.83. The lowest BCUT2D eigenvalue weighted by Gasteiger charge is -1.81. The third-order valence-corrected chi connectivity index (χ3v) is 2.57. The molecule has 1 heterocycles. The Bertz CT molecular complexity index is 341. The van der Waals surface area contributed by atoms with Gasteiger partial charge in [-0.05, 0) is 18.6 Å². The average molecular weight is 196 g/mol. The van der Waals surface area contributed by atoms with Gasteiger partial charge in [0.05, 0.1) is 15.5 Å². The first-order chi connectivity index (χ1) is 5.77.